The van der Waals surface area contributed by atoms with E-state index in [9.17, 15) is 14.0 Å². The van der Waals surface area contributed by atoms with E-state index in [4.69, 9.17) is 4.74 Å². The van der Waals surface area contributed by atoms with Crippen LogP contribution in [0.3, 0.4) is 0 Å². The fourth-order valence-electron chi connectivity index (χ4n) is 1.09. The highest BCUT2D eigenvalue weighted by molar-refractivity contribution is 5.69. The lowest BCUT2D eigenvalue weighted by atomic mass is 10.2. The van der Waals surface area contributed by atoms with Crippen LogP contribution < -0.4 is 10.1 Å². The molecule has 0 fully saturated rings. The van der Waals surface area contributed by atoms with Crippen LogP contribution >= 0.6 is 0 Å². The van der Waals surface area contributed by atoms with Crippen molar-refractivity contribution in [1.82, 2.24) is 5.32 Å². The predicted molar refractivity (Wildman–Crippen MR) is 59.1 cm³/mol. The summed E-state index contributed by atoms with van der Waals surface area (Å²) < 4.78 is 22.7. The molecule has 0 bridgehead atoms. The quantitative estimate of drug-likeness (QED) is 0.650. The van der Waals surface area contributed by atoms with Gasteiger partial charge in [0.25, 0.3) is 0 Å². The summed E-state index contributed by atoms with van der Waals surface area (Å²) in [5.74, 6) is -1.43. The summed E-state index contributed by atoms with van der Waals surface area (Å²) in [6.07, 6.45) is -0.602. The van der Waals surface area contributed by atoms with Gasteiger partial charge in [0.15, 0.2) is 11.6 Å². The fraction of sp³-hybridized carbons (Fsp3) is 0.273. The Balaban J connectivity index is 0.00000289. The number of nitrogens with one attached hydrogen (secondary N) is 1. The van der Waals surface area contributed by atoms with Gasteiger partial charge in [-0.05, 0) is 17.7 Å². The van der Waals surface area contributed by atoms with Crippen molar-refractivity contribution >= 4 is 12.1 Å². The third kappa shape index (κ3) is 4.10. The van der Waals surface area contributed by atoms with E-state index in [2.05, 4.69) is 10.1 Å². The summed E-state index contributed by atoms with van der Waals surface area (Å²) in [4.78, 5) is 21.4. The van der Waals surface area contributed by atoms with Gasteiger partial charge in [-0.3, -0.25) is 4.79 Å². The normalized spacial score (nSPS) is 9.59. The first-order chi connectivity index (χ1) is 8.02. The number of carbonyl (C=O) groups excluding carboxylic acids is 2. The maximum absolute atomic E-state index is 13.4. The Labute approximate surface area is 99.0 Å². The second-order valence-electron chi connectivity index (χ2n) is 3.18. The van der Waals surface area contributed by atoms with Crippen molar-refractivity contribution in [3.05, 3.63) is 29.6 Å². The van der Waals surface area contributed by atoms with Crippen molar-refractivity contribution in [3.63, 3.8) is 0 Å². The Morgan fingerprint density at radius 2 is 2.18 bits per heavy atom. The van der Waals surface area contributed by atoms with Crippen molar-refractivity contribution in [1.29, 1.82) is 0 Å². The zero-order chi connectivity index (χ0) is 12.8. The number of amides is 1. The molecule has 1 N–H and O–H groups in total. The van der Waals surface area contributed by atoms with Crippen molar-refractivity contribution in [2.45, 2.75) is 13.5 Å². The molecule has 0 radical (unpaired) electrons. The van der Waals surface area contributed by atoms with Crippen LogP contribution in [0.2, 0.25) is 0 Å². The molecule has 17 heavy (non-hydrogen) atoms. The Kier molecular flexibility index (Phi) is 4.45. The predicted octanol–water partition coefficient (Wildman–Crippen LogP) is 1.85. The Morgan fingerprint density at radius 1 is 1.47 bits per heavy atom. The summed E-state index contributed by atoms with van der Waals surface area (Å²) in [6.45, 7) is 1.12. The van der Waals surface area contributed by atoms with Crippen LogP contribution in [0.1, 0.15) is 13.9 Å². The molecule has 1 rings (SSSR count). The average molecular weight is 243 g/mol. The Hall–Kier alpha value is -2.11. The number of hydrogen-bond donors (Lipinski definition) is 1. The van der Waals surface area contributed by atoms with E-state index in [0.29, 0.717) is 5.56 Å². The maximum Gasteiger partial charge on any atom is 0.407 e. The lowest BCUT2D eigenvalue weighted by Gasteiger charge is -2.06. The zero-order valence-electron chi connectivity index (χ0n) is 9.45. The van der Waals surface area contributed by atoms with E-state index in [0.717, 1.165) is 6.07 Å². The van der Waals surface area contributed by atoms with Gasteiger partial charge in [-0.2, -0.15) is 0 Å². The van der Waals surface area contributed by atoms with E-state index in [1.807, 2.05) is 0 Å². The Morgan fingerprint density at radius 3 is 2.71 bits per heavy atom. The molecule has 0 aliphatic rings. The molecule has 6 heteroatoms. The average Bonchev–Trinajstić information content (AvgIpc) is 2.28. The van der Waals surface area contributed by atoms with Gasteiger partial charge in [-0.25, -0.2) is 9.18 Å². The molecule has 0 spiro atoms. The van der Waals surface area contributed by atoms with E-state index in [1.54, 1.807) is 0 Å². The lowest BCUT2D eigenvalue weighted by molar-refractivity contribution is -0.132. The second-order valence-corrected chi connectivity index (χ2v) is 3.18. The molecule has 0 heterocycles. The van der Waals surface area contributed by atoms with Crippen LogP contribution in [-0.4, -0.2) is 19.1 Å². The Bertz CT molecular complexity index is 439. The minimum atomic E-state index is -0.682. The SMILES string of the molecule is CNC(=O)OCc1ccc(OC(C)=O)c(F)c1.[HH]. The highest BCUT2D eigenvalue weighted by Gasteiger charge is 2.08. The summed E-state index contributed by atoms with van der Waals surface area (Å²) in [5.41, 5.74) is 0.460. The molecule has 1 aromatic rings. The zero-order valence-corrected chi connectivity index (χ0v) is 9.45. The number of benzene rings is 1. The van der Waals surface area contributed by atoms with E-state index < -0.39 is 17.9 Å². The number of carbonyl (C=O) groups is 2. The lowest BCUT2D eigenvalue weighted by Crippen LogP contribution is -2.18. The molecule has 5 nitrogen and oxygen atoms in total. The third-order valence-electron chi connectivity index (χ3n) is 1.82. The van der Waals surface area contributed by atoms with Gasteiger partial charge in [0.05, 0.1) is 0 Å². The maximum atomic E-state index is 13.4. The minimum absolute atomic E-state index is 0. The molecule has 0 atom stereocenters. The molecular formula is C11H14FNO4. The number of hydrogen-bond acceptors (Lipinski definition) is 4. The molecule has 1 amide bonds. The van der Waals surface area contributed by atoms with Gasteiger partial charge < -0.3 is 14.8 Å². The number of alkyl carbamates (subject to hydrolysis) is 1. The third-order valence-corrected chi connectivity index (χ3v) is 1.82. The highest BCUT2D eigenvalue weighted by Crippen LogP contribution is 2.18. The van der Waals surface area contributed by atoms with Gasteiger partial charge in [0.1, 0.15) is 6.61 Å². The topological polar surface area (TPSA) is 64.6 Å². The number of esters is 1. The first kappa shape index (κ1) is 13.0. The molecule has 0 saturated carbocycles. The largest absolute Gasteiger partial charge is 0.445 e. The van der Waals surface area contributed by atoms with Crippen LogP contribution in [-0.2, 0) is 16.1 Å². The summed E-state index contributed by atoms with van der Waals surface area (Å²) in [6, 6.07) is 3.95. The molecule has 0 unspecified atom stereocenters. The summed E-state index contributed by atoms with van der Waals surface area (Å²) in [7, 11) is 1.42. The standard InChI is InChI=1S/C11H12FNO4.H2/c1-7(14)17-10-4-3-8(5-9(10)12)6-16-11(15)13-2;/h3-5H,6H2,1-2H3,(H,13,15);1H. The van der Waals surface area contributed by atoms with Crippen molar-refractivity contribution in [3.8, 4) is 5.75 Å². The van der Waals surface area contributed by atoms with Crippen LogP contribution in [0.15, 0.2) is 18.2 Å². The fourth-order valence-corrected chi connectivity index (χ4v) is 1.09. The van der Waals surface area contributed by atoms with Crippen LogP contribution in [0, 0.1) is 5.82 Å². The van der Waals surface area contributed by atoms with Gasteiger partial charge in [0.2, 0.25) is 0 Å². The molecule has 0 aliphatic heterocycles. The van der Waals surface area contributed by atoms with E-state index in [-0.39, 0.29) is 13.8 Å². The van der Waals surface area contributed by atoms with Crippen LogP contribution in [0.25, 0.3) is 0 Å². The molecular weight excluding hydrogens is 229 g/mol. The van der Waals surface area contributed by atoms with Crippen molar-refractivity contribution in [2.75, 3.05) is 7.05 Å². The minimum Gasteiger partial charge on any atom is -0.445 e. The van der Waals surface area contributed by atoms with Crippen LogP contribution in [0.4, 0.5) is 9.18 Å². The molecule has 0 aromatic heterocycles. The first-order valence-corrected chi connectivity index (χ1v) is 4.84. The highest BCUT2D eigenvalue weighted by atomic mass is 19.1. The van der Waals surface area contributed by atoms with E-state index in [1.165, 1.54) is 26.1 Å². The molecule has 1 aromatic carbocycles. The molecule has 0 saturated heterocycles. The summed E-state index contributed by atoms with van der Waals surface area (Å²) >= 11 is 0. The van der Waals surface area contributed by atoms with Gasteiger partial charge in [-0.1, -0.05) is 6.07 Å². The van der Waals surface area contributed by atoms with Gasteiger partial charge >= 0.3 is 12.1 Å². The molecule has 94 valence electrons. The number of ether oxygens (including phenoxy) is 2. The smallest absolute Gasteiger partial charge is 0.407 e. The van der Waals surface area contributed by atoms with Crippen molar-refractivity contribution < 1.29 is 24.9 Å². The number of rotatable bonds is 3. The summed E-state index contributed by atoms with van der Waals surface area (Å²) in [5, 5.41) is 2.26. The van der Waals surface area contributed by atoms with E-state index >= 15 is 0 Å². The second kappa shape index (κ2) is 5.83. The van der Waals surface area contributed by atoms with Gasteiger partial charge in [-0.15, -0.1) is 0 Å². The number of halogens is 1. The van der Waals surface area contributed by atoms with Crippen LogP contribution in [0.5, 0.6) is 5.75 Å². The molecule has 0 aliphatic carbocycles. The first-order valence-electron chi connectivity index (χ1n) is 4.84. The van der Waals surface area contributed by atoms with Crippen molar-refractivity contribution in [2.24, 2.45) is 0 Å². The monoisotopic (exact) mass is 243 g/mol. The van der Waals surface area contributed by atoms with Gasteiger partial charge in [0, 0.05) is 15.4 Å².